The van der Waals surface area contributed by atoms with E-state index < -0.39 is 0 Å². The van der Waals surface area contributed by atoms with E-state index in [0.29, 0.717) is 0 Å². The summed E-state index contributed by atoms with van der Waals surface area (Å²) in [6.45, 7) is 5.25. The molecule has 2 nitrogen and oxygen atoms in total. The molecule has 0 atom stereocenters. The van der Waals surface area contributed by atoms with Crippen LogP contribution in [0.25, 0.3) is 0 Å². The summed E-state index contributed by atoms with van der Waals surface area (Å²) in [4.78, 5) is 0. The van der Waals surface area contributed by atoms with Gasteiger partial charge in [0.2, 0.25) is 0 Å². The predicted octanol–water partition coefficient (Wildman–Crippen LogP) is 3.40. The average Bonchev–Trinajstić information content (AvgIpc) is 2.29. The van der Waals surface area contributed by atoms with Crippen molar-refractivity contribution in [1.29, 1.82) is 0 Å². The number of rotatable bonds is 8. The van der Waals surface area contributed by atoms with E-state index in [4.69, 9.17) is 9.47 Å². The van der Waals surface area contributed by atoms with E-state index in [-0.39, 0.29) is 0 Å². The third-order valence-corrected chi connectivity index (χ3v) is 3.20. The Morgan fingerprint density at radius 1 is 0.933 bits per heavy atom. The maximum absolute atomic E-state index is 5.50. The third kappa shape index (κ3) is 6.91. The Labute approximate surface area is 94.3 Å². The van der Waals surface area contributed by atoms with Gasteiger partial charge in [0.15, 0.2) is 0 Å². The normalized spacial score (nSPS) is 18.2. The fourth-order valence-corrected chi connectivity index (χ4v) is 2.31. The molecule has 1 rings (SSSR count). The third-order valence-electron chi connectivity index (χ3n) is 3.20. The van der Waals surface area contributed by atoms with Crippen LogP contribution in [0.5, 0.6) is 0 Å². The molecule has 0 aromatic rings. The highest BCUT2D eigenvalue weighted by atomic mass is 16.5. The maximum Gasteiger partial charge on any atom is 0.0700 e. The van der Waals surface area contributed by atoms with Crippen LogP contribution in [-0.2, 0) is 9.47 Å². The zero-order chi connectivity index (χ0) is 10.8. The highest BCUT2D eigenvalue weighted by molar-refractivity contribution is 4.65. The molecular formula is C13H26O2. The van der Waals surface area contributed by atoms with Crippen LogP contribution in [0.15, 0.2) is 0 Å². The first kappa shape index (κ1) is 13.0. The molecule has 0 spiro atoms. The molecule has 1 saturated carbocycles. The molecule has 1 aliphatic carbocycles. The smallest absolute Gasteiger partial charge is 0.0700 e. The summed E-state index contributed by atoms with van der Waals surface area (Å²) in [6, 6.07) is 0. The van der Waals surface area contributed by atoms with Gasteiger partial charge < -0.3 is 9.47 Å². The van der Waals surface area contributed by atoms with Crippen LogP contribution >= 0.6 is 0 Å². The van der Waals surface area contributed by atoms with E-state index >= 15 is 0 Å². The van der Waals surface area contributed by atoms with Gasteiger partial charge in [-0.3, -0.25) is 0 Å². The van der Waals surface area contributed by atoms with Gasteiger partial charge in [0.25, 0.3) is 0 Å². The summed E-state index contributed by atoms with van der Waals surface area (Å²) in [5, 5.41) is 0. The van der Waals surface area contributed by atoms with Crippen molar-refractivity contribution in [1.82, 2.24) is 0 Å². The summed E-state index contributed by atoms with van der Waals surface area (Å²) < 4.78 is 10.7. The van der Waals surface area contributed by atoms with Crippen LogP contribution in [0.4, 0.5) is 0 Å². The van der Waals surface area contributed by atoms with E-state index in [1.54, 1.807) is 0 Å². The summed E-state index contributed by atoms with van der Waals surface area (Å²) in [5.41, 5.74) is 0. The summed E-state index contributed by atoms with van der Waals surface area (Å²) in [6.07, 6.45) is 9.89. The largest absolute Gasteiger partial charge is 0.379 e. The van der Waals surface area contributed by atoms with Gasteiger partial charge in [-0.15, -0.1) is 0 Å². The highest BCUT2D eigenvalue weighted by Gasteiger charge is 2.12. The van der Waals surface area contributed by atoms with Crippen LogP contribution in [0.3, 0.4) is 0 Å². The Morgan fingerprint density at radius 2 is 1.67 bits per heavy atom. The molecule has 0 radical (unpaired) electrons. The van der Waals surface area contributed by atoms with Gasteiger partial charge in [-0.2, -0.15) is 0 Å². The average molecular weight is 214 g/mol. The van der Waals surface area contributed by atoms with Gasteiger partial charge in [-0.1, -0.05) is 32.1 Å². The van der Waals surface area contributed by atoms with Crippen molar-refractivity contribution in [3.05, 3.63) is 0 Å². The molecule has 0 aromatic heterocycles. The monoisotopic (exact) mass is 214 g/mol. The van der Waals surface area contributed by atoms with Crippen molar-refractivity contribution < 1.29 is 9.47 Å². The van der Waals surface area contributed by atoms with Gasteiger partial charge in [-0.05, 0) is 25.7 Å². The van der Waals surface area contributed by atoms with Crippen LogP contribution in [0.2, 0.25) is 0 Å². The van der Waals surface area contributed by atoms with Crippen molar-refractivity contribution >= 4 is 0 Å². The molecule has 0 saturated heterocycles. The van der Waals surface area contributed by atoms with E-state index in [1.165, 1.54) is 44.9 Å². The molecule has 0 N–H and O–H groups in total. The Hall–Kier alpha value is -0.0800. The highest BCUT2D eigenvalue weighted by Crippen LogP contribution is 2.27. The van der Waals surface area contributed by atoms with Crippen molar-refractivity contribution in [2.24, 2.45) is 5.92 Å². The first-order chi connectivity index (χ1) is 7.43. The molecule has 1 aliphatic rings. The van der Waals surface area contributed by atoms with Crippen LogP contribution in [0.1, 0.15) is 51.9 Å². The van der Waals surface area contributed by atoms with Crippen molar-refractivity contribution in [3.8, 4) is 0 Å². The molecule has 0 unspecified atom stereocenters. The first-order valence-electron chi connectivity index (χ1n) is 6.59. The molecule has 0 heterocycles. The van der Waals surface area contributed by atoms with E-state index in [0.717, 1.165) is 32.3 Å². The maximum atomic E-state index is 5.50. The summed E-state index contributed by atoms with van der Waals surface area (Å²) >= 11 is 0. The first-order valence-corrected chi connectivity index (χ1v) is 6.59. The minimum atomic E-state index is 0.750. The number of hydrogen-bond acceptors (Lipinski definition) is 2. The van der Waals surface area contributed by atoms with E-state index in [1.807, 2.05) is 6.92 Å². The Morgan fingerprint density at radius 3 is 2.40 bits per heavy atom. The fraction of sp³-hybridized carbons (Fsp3) is 1.00. The van der Waals surface area contributed by atoms with Gasteiger partial charge >= 0.3 is 0 Å². The van der Waals surface area contributed by atoms with E-state index in [2.05, 4.69) is 0 Å². The number of ether oxygens (including phenoxy) is 2. The van der Waals surface area contributed by atoms with Crippen molar-refractivity contribution in [2.45, 2.75) is 51.9 Å². The second kappa shape index (κ2) is 9.17. The molecule has 0 aliphatic heterocycles. The molecule has 2 heteroatoms. The van der Waals surface area contributed by atoms with Crippen LogP contribution in [0, 0.1) is 5.92 Å². The molecule has 0 amide bonds. The molecular weight excluding hydrogens is 188 g/mol. The molecule has 15 heavy (non-hydrogen) atoms. The second-order valence-electron chi connectivity index (χ2n) is 4.46. The topological polar surface area (TPSA) is 18.5 Å². The summed E-state index contributed by atoms with van der Waals surface area (Å²) in [5.74, 6) is 0.995. The Kier molecular flexibility index (Phi) is 7.94. The van der Waals surface area contributed by atoms with Gasteiger partial charge in [0.05, 0.1) is 13.2 Å². The van der Waals surface area contributed by atoms with E-state index in [9.17, 15) is 0 Å². The molecule has 1 fully saturated rings. The van der Waals surface area contributed by atoms with Gasteiger partial charge in [-0.25, -0.2) is 0 Å². The number of hydrogen-bond donors (Lipinski definition) is 0. The molecule has 0 aromatic carbocycles. The molecule has 0 bridgehead atoms. The Bertz CT molecular complexity index is 130. The quantitative estimate of drug-likeness (QED) is 0.577. The fourth-order valence-electron chi connectivity index (χ4n) is 2.31. The van der Waals surface area contributed by atoms with Crippen molar-refractivity contribution in [2.75, 3.05) is 26.4 Å². The molecule has 90 valence electrons. The second-order valence-corrected chi connectivity index (χ2v) is 4.46. The zero-order valence-electron chi connectivity index (χ0n) is 10.2. The zero-order valence-corrected chi connectivity index (χ0v) is 10.2. The van der Waals surface area contributed by atoms with Crippen molar-refractivity contribution in [3.63, 3.8) is 0 Å². The minimum absolute atomic E-state index is 0.750. The lowest BCUT2D eigenvalue weighted by Crippen LogP contribution is -2.09. The minimum Gasteiger partial charge on any atom is -0.379 e. The van der Waals surface area contributed by atoms with Crippen LogP contribution in [-0.4, -0.2) is 26.4 Å². The lowest BCUT2D eigenvalue weighted by Gasteiger charge is -2.21. The standard InChI is InChI=1S/C13H26O2/c1-2-14-11-12-15-10-6-9-13-7-4-3-5-8-13/h13H,2-12H2,1H3. The van der Waals surface area contributed by atoms with Gasteiger partial charge in [0, 0.05) is 13.2 Å². The summed E-state index contributed by atoms with van der Waals surface area (Å²) in [7, 11) is 0. The lowest BCUT2D eigenvalue weighted by molar-refractivity contribution is 0.0497. The van der Waals surface area contributed by atoms with Crippen LogP contribution < -0.4 is 0 Å². The van der Waals surface area contributed by atoms with Gasteiger partial charge in [0.1, 0.15) is 0 Å². The Balaban J connectivity index is 1.79. The lowest BCUT2D eigenvalue weighted by atomic mass is 9.86. The predicted molar refractivity (Wildman–Crippen MR) is 63.1 cm³/mol. The SMILES string of the molecule is CCOCCOCCCC1CCCCC1.